The molecular formula is C19H15ClO6. The van der Waals surface area contributed by atoms with Crippen molar-refractivity contribution in [3.63, 3.8) is 0 Å². The number of hydrogen-bond acceptors (Lipinski definition) is 6. The van der Waals surface area contributed by atoms with E-state index in [9.17, 15) is 4.79 Å². The molecule has 0 N–H and O–H groups in total. The lowest BCUT2D eigenvalue weighted by Crippen LogP contribution is -2.07. The average Bonchev–Trinajstić information content (AvgIpc) is 3.27. The van der Waals surface area contributed by atoms with E-state index in [1.807, 2.05) is 12.1 Å². The average molecular weight is 375 g/mol. The highest BCUT2D eigenvalue weighted by molar-refractivity contribution is 6.32. The molecule has 2 aromatic carbocycles. The molecule has 134 valence electrons. The van der Waals surface area contributed by atoms with Crippen LogP contribution in [0, 0.1) is 0 Å². The Bertz CT molecular complexity index is 978. The Labute approximate surface area is 154 Å². The lowest BCUT2D eigenvalue weighted by Gasteiger charge is -2.07. The predicted octanol–water partition coefficient (Wildman–Crippen LogP) is 4.11. The van der Waals surface area contributed by atoms with Crippen LogP contribution >= 0.6 is 11.6 Å². The van der Waals surface area contributed by atoms with E-state index in [-0.39, 0.29) is 25.8 Å². The summed E-state index contributed by atoms with van der Waals surface area (Å²) >= 11 is 6.13. The minimum Gasteiger partial charge on any atom is -0.497 e. The van der Waals surface area contributed by atoms with E-state index in [4.69, 9.17) is 35.0 Å². The monoisotopic (exact) mass is 374 g/mol. The zero-order valence-electron chi connectivity index (χ0n) is 13.9. The maximum atomic E-state index is 12.2. The fourth-order valence-corrected chi connectivity index (χ4v) is 3.09. The molecule has 0 saturated carbocycles. The van der Waals surface area contributed by atoms with Gasteiger partial charge in [-0.3, -0.25) is 4.79 Å². The van der Waals surface area contributed by atoms with Gasteiger partial charge in [0.25, 0.3) is 0 Å². The van der Waals surface area contributed by atoms with Crippen molar-refractivity contribution in [2.75, 3.05) is 13.9 Å². The molecule has 3 aromatic rings. The molecule has 26 heavy (non-hydrogen) atoms. The molecule has 2 heterocycles. The van der Waals surface area contributed by atoms with Gasteiger partial charge in [0, 0.05) is 17.0 Å². The Morgan fingerprint density at radius 2 is 2.12 bits per heavy atom. The van der Waals surface area contributed by atoms with Crippen molar-refractivity contribution in [2.45, 2.75) is 13.0 Å². The summed E-state index contributed by atoms with van der Waals surface area (Å²) in [5, 5.41) is 1.29. The SMILES string of the molecule is COc1ccc2c(CC(=O)OCc3cc(Cl)c4c(c3)OCO4)coc2c1. The van der Waals surface area contributed by atoms with Crippen LogP contribution in [0.3, 0.4) is 0 Å². The van der Waals surface area contributed by atoms with Gasteiger partial charge in [-0.25, -0.2) is 0 Å². The Balaban J connectivity index is 1.42. The summed E-state index contributed by atoms with van der Waals surface area (Å²) in [5.41, 5.74) is 2.15. The number of methoxy groups -OCH3 is 1. The van der Waals surface area contributed by atoms with Crippen molar-refractivity contribution >= 4 is 28.5 Å². The number of fused-ring (bicyclic) bond motifs is 2. The summed E-state index contributed by atoms with van der Waals surface area (Å²) < 4.78 is 26.6. The van der Waals surface area contributed by atoms with Gasteiger partial charge in [0.2, 0.25) is 6.79 Å². The minimum atomic E-state index is -0.364. The van der Waals surface area contributed by atoms with Crippen molar-refractivity contribution in [3.8, 4) is 17.2 Å². The first-order chi connectivity index (χ1) is 12.6. The Morgan fingerprint density at radius 1 is 1.23 bits per heavy atom. The van der Waals surface area contributed by atoms with Crippen LogP contribution in [0.25, 0.3) is 11.0 Å². The van der Waals surface area contributed by atoms with Gasteiger partial charge < -0.3 is 23.4 Å². The maximum absolute atomic E-state index is 12.2. The number of ether oxygens (including phenoxy) is 4. The van der Waals surface area contributed by atoms with Gasteiger partial charge in [-0.1, -0.05) is 11.6 Å². The van der Waals surface area contributed by atoms with Crippen LogP contribution in [0.4, 0.5) is 0 Å². The fourth-order valence-electron chi connectivity index (χ4n) is 2.80. The molecule has 0 bridgehead atoms. The zero-order valence-corrected chi connectivity index (χ0v) is 14.7. The number of carbonyl (C=O) groups is 1. The highest BCUT2D eigenvalue weighted by atomic mass is 35.5. The fraction of sp³-hybridized carbons (Fsp3) is 0.211. The van der Waals surface area contributed by atoms with Crippen LogP contribution in [-0.4, -0.2) is 19.9 Å². The standard InChI is InChI=1S/C19H15ClO6/c1-22-13-2-3-14-12(9-23-16(14)7-13)6-18(21)24-8-11-4-15(20)19-17(5-11)25-10-26-19/h2-5,7,9H,6,8,10H2,1H3. The molecule has 1 aromatic heterocycles. The third kappa shape index (κ3) is 3.15. The van der Waals surface area contributed by atoms with Crippen molar-refractivity contribution in [3.05, 3.63) is 52.7 Å². The van der Waals surface area contributed by atoms with Crippen molar-refractivity contribution in [1.29, 1.82) is 0 Å². The van der Waals surface area contributed by atoms with Crippen molar-refractivity contribution in [2.24, 2.45) is 0 Å². The third-order valence-electron chi connectivity index (χ3n) is 4.08. The Kier molecular flexibility index (Phi) is 4.34. The Hall–Kier alpha value is -2.86. The molecule has 0 aliphatic carbocycles. The summed E-state index contributed by atoms with van der Waals surface area (Å²) in [4.78, 5) is 12.2. The number of esters is 1. The van der Waals surface area contributed by atoms with E-state index in [1.165, 1.54) is 0 Å². The number of halogens is 1. The summed E-state index contributed by atoms with van der Waals surface area (Å²) in [6, 6.07) is 8.90. The number of hydrogen-bond donors (Lipinski definition) is 0. The normalized spacial score (nSPS) is 12.4. The highest BCUT2D eigenvalue weighted by Gasteiger charge is 2.19. The first-order valence-corrected chi connectivity index (χ1v) is 8.29. The Morgan fingerprint density at radius 3 is 2.96 bits per heavy atom. The topological polar surface area (TPSA) is 67.1 Å². The van der Waals surface area contributed by atoms with Crippen LogP contribution in [0.5, 0.6) is 17.2 Å². The third-order valence-corrected chi connectivity index (χ3v) is 4.37. The van der Waals surface area contributed by atoms with Crippen LogP contribution in [0.2, 0.25) is 5.02 Å². The van der Waals surface area contributed by atoms with Crippen molar-refractivity contribution in [1.82, 2.24) is 0 Å². The van der Waals surface area contributed by atoms with Gasteiger partial charge >= 0.3 is 5.97 Å². The summed E-state index contributed by atoms with van der Waals surface area (Å²) in [6.07, 6.45) is 1.67. The van der Waals surface area contributed by atoms with Crippen LogP contribution < -0.4 is 14.2 Å². The number of carbonyl (C=O) groups excluding carboxylic acids is 1. The zero-order chi connectivity index (χ0) is 18.1. The van der Waals surface area contributed by atoms with E-state index in [1.54, 1.807) is 31.6 Å². The molecule has 4 rings (SSSR count). The largest absolute Gasteiger partial charge is 0.497 e. The van der Waals surface area contributed by atoms with E-state index < -0.39 is 0 Å². The highest BCUT2D eigenvalue weighted by Crippen LogP contribution is 2.40. The molecule has 6 nitrogen and oxygen atoms in total. The molecule has 1 aliphatic heterocycles. The molecule has 7 heteroatoms. The molecule has 1 aliphatic rings. The predicted molar refractivity (Wildman–Crippen MR) is 93.8 cm³/mol. The molecule has 0 radical (unpaired) electrons. The number of benzene rings is 2. The molecular weight excluding hydrogens is 360 g/mol. The molecule has 0 saturated heterocycles. The van der Waals surface area contributed by atoms with Crippen LogP contribution in [0.15, 0.2) is 41.0 Å². The van der Waals surface area contributed by atoms with Gasteiger partial charge in [-0.05, 0) is 29.8 Å². The van der Waals surface area contributed by atoms with E-state index >= 15 is 0 Å². The van der Waals surface area contributed by atoms with Gasteiger partial charge in [0.05, 0.1) is 24.8 Å². The van der Waals surface area contributed by atoms with E-state index in [0.717, 1.165) is 16.5 Å². The lowest BCUT2D eigenvalue weighted by atomic mass is 10.1. The molecule has 0 amide bonds. The van der Waals surface area contributed by atoms with Crippen LogP contribution in [0.1, 0.15) is 11.1 Å². The van der Waals surface area contributed by atoms with Gasteiger partial charge in [-0.2, -0.15) is 0 Å². The van der Waals surface area contributed by atoms with Gasteiger partial charge in [-0.15, -0.1) is 0 Å². The molecule has 0 fully saturated rings. The van der Waals surface area contributed by atoms with E-state index in [2.05, 4.69) is 0 Å². The molecule has 0 spiro atoms. The van der Waals surface area contributed by atoms with Gasteiger partial charge in [0.15, 0.2) is 11.5 Å². The smallest absolute Gasteiger partial charge is 0.310 e. The summed E-state index contributed by atoms with van der Waals surface area (Å²) in [6.45, 7) is 0.232. The van der Waals surface area contributed by atoms with Gasteiger partial charge in [0.1, 0.15) is 17.9 Å². The molecule has 0 atom stereocenters. The van der Waals surface area contributed by atoms with Crippen LogP contribution in [-0.2, 0) is 22.6 Å². The summed E-state index contributed by atoms with van der Waals surface area (Å²) in [5.74, 6) is 1.40. The number of furan rings is 1. The lowest BCUT2D eigenvalue weighted by molar-refractivity contribution is -0.144. The summed E-state index contributed by atoms with van der Waals surface area (Å²) in [7, 11) is 1.59. The minimum absolute atomic E-state index is 0.0960. The number of rotatable bonds is 5. The second kappa shape index (κ2) is 6.80. The van der Waals surface area contributed by atoms with Crippen molar-refractivity contribution < 1.29 is 28.2 Å². The van der Waals surface area contributed by atoms with E-state index in [0.29, 0.717) is 27.9 Å². The second-order valence-corrected chi connectivity index (χ2v) is 6.18. The quantitative estimate of drug-likeness (QED) is 0.626. The second-order valence-electron chi connectivity index (χ2n) is 5.77. The molecule has 0 unspecified atom stereocenters. The first kappa shape index (κ1) is 16.6. The maximum Gasteiger partial charge on any atom is 0.310 e. The first-order valence-electron chi connectivity index (χ1n) is 7.92.